The molecule has 0 atom stereocenters. The van der Waals surface area contributed by atoms with Crippen molar-refractivity contribution in [3.63, 3.8) is 0 Å². The van der Waals surface area contributed by atoms with E-state index in [4.69, 9.17) is 11.6 Å². The van der Waals surface area contributed by atoms with E-state index in [-0.39, 0.29) is 11.2 Å². The second-order valence-corrected chi connectivity index (χ2v) is 4.26. The molecule has 19 heavy (non-hydrogen) atoms. The lowest BCUT2D eigenvalue weighted by molar-refractivity contribution is 0.984. The van der Waals surface area contributed by atoms with E-state index in [1.54, 1.807) is 24.3 Å². The summed E-state index contributed by atoms with van der Waals surface area (Å²) in [5.41, 5.74) is -1.48. The van der Waals surface area contributed by atoms with Gasteiger partial charge in [0.05, 0.1) is 10.7 Å². The van der Waals surface area contributed by atoms with Crippen LogP contribution in [-0.4, -0.2) is 19.5 Å². The maximum absolute atomic E-state index is 11.9. The van der Waals surface area contributed by atoms with E-state index in [1.807, 2.05) is 4.98 Å². The molecule has 1 aromatic carbocycles. The third-order valence-corrected chi connectivity index (χ3v) is 2.99. The monoisotopic (exact) mass is 278 g/mol. The fourth-order valence-corrected chi connectivity index (χ4v) is 2.11. The molecule has 2 heterocycles. The molecule has 8 heteroatoms. The first-order valence-corrected chi connectivity index (χ1v) is 5.68. The summed E-state index contributed by atoms with van der Waals surface area (Å²) in [7, 11) is 0. The summed E-state index contributed by atoms with van der Waals surface area (Å²) in [5, 5.41) is 0.326. The van der Waals surface area contributed by atoms with Crippen molar-refractivity contribution in [2.24, 2.45) is 0 Å². The number of aromatic amines is 3. The molecule has 0 fully saturated rings. The van der Waals surface area contributed by atoms with Crippen molar-refractivity contribution in [1.82, 2.24) is 19.5 Å². The number of aromatic nitrogens is 4. The van der Waals surface area contributed by atoms with Gasteiger partial charge < -0.3 is 0 Å². The molecule has 0 bridgehead atoms. The van der Waals surface area contributed by atoms with Crippen molar-refractivity contribution in [3.05, 3.63) is 60.6 Å². The number of H-pyrrole nitrogens is 3. The van der Waals surface area contributed by atoms with Crippen LogP contribution >= 0.6 is 11.6 Å². The first kappa shape index (κ1) is 11.5. The van der Waals surface area contributed by atoms with E-state index < -0.39 is 16.9 Å². The van der Waals surface area contributed by atoms with Crippen LogP contribution in [0.3, 0.4) is 0 Å². The van der Waals surface area contributed by atoms with Gasteiger partial charge in [-0.1, -0.05) is 23.7 Å². The Labute approximate surface area is 109 Å². The van der Waals surface area contributed by atoms with Gasteiger partial charge in [-0.05, 0) is 12.1 Å². The average molecular weight is 279 g/mol. The van der Waals surface area contributed by atoms with Gasteiger partial charge >= 0.3 is 11.4 Å². The molecule has 0 amide bonds. The van der Waals surface area contributed by atoms with Gasteiger partial charge in [0, 0.05) is 0 Å². The molecule has 0 saturated carbocycles. The summed E-state index contributed by atoms with van der Waals surface area (Å²) in [6.45, 7) is 0. The summed E-state index contributed by atoms with van der Waals surface area (Å²) in [6.07, 6.45) is 0. The molecular weight excluding hydrogens is 272 g/mol. The number of halogens is 1. The lowest BCUT2D eigenvalue weighted by atomic mass is 10.3. The Morgan fingerprint density at radius 3 is 2.47 bits per heavy atom. The summed E-state index contributed by atoms with van der Waals surface area (Å²) in [5.74, 6) is 0. The average Bonchev–Trinajstić information content (AvgIpc) is 2.67. The molecule has 7 nitrogen and oxygen atoms in total. The van der Waals surface area contributed by atoms with Gasteiger partial charge in [-0.25, -0.2) is 14.2 Å². The molecular formula is C11H7ClN4O3. The molecule has 3 rings (SSSR count). The third-order valence-electron chi connectivity index (χ3n) is 2.67. The van der Waals surface area contributed by atoms with E-state index in [0.29, 0.717) is 10.7 Å². The number of rotatable bonds is 1. The second-order valence-electron chi connectivity index (χ2n) is 3.85. The van der Waals surface area contributed by atoms with Crippen molar-refractivity contribution in [3.8, 4) is 5.69 Å². The van der Waals surface area contributed by atoms with Crippen molar-refractivity contribution >= 4 is 22.8 Å². The lowest BCUT2D eigenvalue weighted by Gasteiger charge is -2.04. The van der Waals surface area contributed by atoms with Crippen LogP contribution in [0.2, 0.25) is 5.02 Å². The highest BCUT2D eigenvalue weighted by Gasteiger charge is 2.14. The number of nitrogens with one attached hydrogen (secondary N) is 3. The van der Waals surface area contributed by atoms with Crippen LogP contribution in [0.5, 0.6) is 0 Å². The van der Waals surface area contributed by atoms with E-state index in [0.717, 1.165) is 4.57 Å². The molecule has 3 N–H and O–H groups in total. The number of fused-ring (bicyclic) bond motifs is 1. The van der Waals surface area contributed by atoms with Crippen LogP contribution < -0.4 is 16.9 Å². The van der Waals surface area contributed by atoms with E-state index in [2.05, 4.69) is 9.97 Å². The highest BCUT2D eigenvalue weighted by Crippen LogP contribution is 2.19. The summed E-state index contributed by atoms with van der Waals surface area (Å²) >= 11 is 6.02. The molecule has 0 saturated heterocycles. The van der Waals surface area contributed by atoms with E-state index >= 15 is 0 Å². The zero-order chi connectivity index (χ0) is 13.6. The fourth-order valence-electron chi connectivity index (χ4n) is 1.89. The van der Waals surface area contributed by atoms with Crippen LogP contribution in [0.25, 0.3) is 16.9 Å². The standard InChI is InChI=1S/C11H7ClN4O3/c12-5-3-1-2-4-6(5)16-8-7(13-11(16)19)9(17)15-10(18)14-8/h1-4H,(H,13,19)(H2,14,15,17,18). The first-order valence-electron chi connectivity index (χ1n) is 5.30. The van der Waals surface area contributed by atoms with Crippen molar-refractivity contribution in [1.29, 1.82) is 0 Å². The Morgan fingerprint density at radius 2 is 1.74 bits per heavy atom. The quantitative estimate of drug-likeness (QED) is 0.598. The highest BCUT2D eigenvalue weighted by atomic mass is 35.5. The number of nitrogens with zero attached hydrogens (tertiary/aromatic N) is 1. The van der Waals surface area contributed by atoms with Gasteiger partial charge in [0.15, 0.2) is 11.2 Å². The van der Waals surface area contributed by atoms with Crippen molar-refractivity contribution in [2.75, 3.05) is 0 Å². The SMILES string of the molecule is O=c1[nH]c(=O)c2[nH]c(=O)n(-c3ccccc3Cl)c2[nH]1. The molecule has 2 aromatic heterocycles. The Kier molecular flexibility index (Phi) is 2.42. The molecule has 0 aliphatic heterocycles. The number of imidazole rings is 1. The van der Waals surface area contributed by atoms with Gasteiger partial charge in [0.2, 0.25) is 0 Å². The zero-order valence-corrected chi connectivity index (χ0v) is 10.1. The molecule has 96 valence electrons. The topological polar surface area (TPSA) is 104 Å². The highest BCUT2D eigenvalue weighted by molar-refractivity contribution is 6.32. The number of para-hydroxylation sites is 1. The van der Waals surface area contributed by atoms with Crippen LogP contribution in [0.15, 0.2) is 38.6 Å². The van der Waals surface area contributed by atoms with Gasteiger partial charge in [-0.2, -0.15) is 0 Å². The van der Waals surface area contributed by atoms with Gasteiger partial charge in [0.25, 0.3) is 5.56 Å². The van der Waals surface area contributed by atoms with Crippen LogP contribution in [0.4, 0.5) is 0 Å². The maximum Gasteiger partial charge on any atom is 0.332 e. The Bertz CT molecular complexity index is 947. The largest absolute Gasteiger partial charge is 0.332 e. The molecule has 0 spiro atoms. The predicted octanol–water partition coefficient (Wildman–Crippen LogP) is 0.349. The molecule has 3 aromatic rings. The minimum atomic E-state index is -0.697. The summed E-state index contributed by atoms with van der Waals surface area (Å²) < 4.78 is 1.15. The minimum absolute atomic E-state index is 0.00970. The van der Waals surface area contributed by atoms with Gasteiger partial charge in [0.1, 0.15) is 0 Å². The zero-order valence-electron chi connectivity index (χ0n) is 9.36. The molecule has 0 unspecified atom stereocenters. The fraction of sp³-hybridized carbons (Fsp3) is 0. The summed E-state index contributed by atoms with van der Waals surface area (Å²) in [6, 6.07) is 6.61. The normalized spacial score (nSPS) is 11.0. The maximum atomic E-state index is 11.9. The van der Waals surface area contributed by atoms with Gasteiger partial charge in [-0.15, -0.1) is 0 Å². The number of benzene rings is 1. The van der Waals surface area contributed by atoms with Crippen LogP contribution in [0, 0.1) is 0 Å². The Balaban J connectivity index is 2.53. The van der Waals surface area contributed by atoms with Crippen LogP contribution in [0.1, 0.15) is 0 Å². The number of hydrogen-bond donors (Lipinski definition) is 3. The Hall–Kier alpha value is -2.54. The first-order chi connectivity index (χ1) is 9.08. The Morgan fingerprint density at radius 1 is 1.00 bits per heavy atom. The van der Waals surface area contributed by atoms with Crippen molar-refractivity contribution < 1.29 is 0 Å². The minimum Gasteiger partial charge on any atom is -0.299 e. The smallest absolute Gasteiger partial charge is 0.299 e. The number of hydrogen-bond acceptors (Lipinski definition) is 3. The predicted molar refractivity (Wildman–Crippen MR) is 70.1 cm³/mol. The second kappa shape index (κ2) is 3.99. The van der Waals surface area contributed by atoms with E-state index in [9.17, 15) is 14.4 Å². The summed E-state index contributed by atoms with van der Waals surface area (Å²) in [4.78, 5) is 41.7. The van der Waals surface area contributed by atoms with E-state index in [1.165, 1.54) is 0 Å². The van der Waals surface area contributed by atoms with Crippen LogP contribution in [-0.2, 0) is 0 Å². The molecule has 0 aliphatic rings. The van der Waals surface area contributed by atoms with Crippen molar-refractivity contribution in [2.45, 2.75) is 0 Å². The third kappa shape index (κ3) is 1.71. The lowest BCUT2D eigenvalue weighted by Crippen LogP contribution is -2.22. The molecule has 0 aliphatic carbocycles. The van der Waals surface area contributed by atoms with Gasteiger partial charge in [-0.3, -0.25) is 19.7 Å². The molecule has 0 radical (unpaired) electrons.